The molecule has 0 aliphatic heterocycles. The molecule has 0 fully saturated rings. The average molecular weight is 312 g/mol. The van der Waals surface area contributed by atoms with Crippen molar-refractivity contribution in [3.05, 3.63) is 52.0 Å². The van der Waals surface area contributed by atoms with Crippen LogP contribution in [0.25, 0.3) is 0 Å². The van der Waals surface area contributed by atoms with Crippen molar-refractivity contribution < 1.29 is 4.39 Å². The third-order valence-electron chi connectivity index (χ3n) is 2.89. The van der Waals surface area contributed by atoms with E-state index in [4.69, 9.17) is 5.73 Å². The molecule has 2 N–H and O–H groups in total. The molecule has 1 heterocycles. The van der Waals surface area contributed by atoms with Gasteiger partial charge in [-0.25, -0.2) is 4.39 Å². The Hall–Kier alpha value is -1.20. The standard InChI is InChI=1S/C13H15BrFN3/c1-2-12(16)10-6-17-18(8-10)7-9-4-3-5-11(15)13(9)14/h3-6,8,12H,2,7,16H2,1H3. The number of rotatable bonds is 4. The van der Waals surface area contributed by atoms with Crippen LogP contribution in [0.3, 0.4) is 0 Å². The molecule has 2 rings (SSSR count). The van der Waals surface area contributed by atoms with Crippen molar-refractivity contribution in [3.8, 4) is 0 Å². The van der Waals surface area contributed by atoms with E-state index in [1.54, 1.807) is 16.9 Å². The van der Waals surface area contributed by atoms with Crippen molar-refractivity contribution in [2.45, 2.75) is 25.9 Å². The maximum atomic E-state index is 13.4. The highest BCUT2D eigenvalue weighted by Crippen LogP contribution is 2.21. The third-order valence-corrected chi connectivity index (χ3v) is 3.77. The summed E-state index contributed by atoms with van der Waals surface area (Å²) in [5, 5.41) is 4.24. The zero-order chi connectivity index (χ0) is 13.1. The summed E-state index contributed by atoms with van der Waals surface area (Å²) < 4.78 is 15.6. The van der Waals surface area contributed by atoms with Crippen LogP contribution >= 0.6 is 15.9 Å². The zero-order valence-corrected chi connectivity index (χ0v) is 11.7. The number of hydrogen-bond acceptors (Lipinski definition) is 2. The lowest BCUT2D eigenvalue weighted by atomic mass is 10.1. The summed E-state index contributed by atoms with van der Waals surface area (Å²) in [6, 6.07) is 5.00. The van der Waals surface area contributed by atoms with E-state index in [1.165, 1.54) is 6.07 Å². The highest BCUT2D eigenvalue weighted by molar-refractivity contribution is 9.10. The van der Waals surface area contributed by atoms with E-state index in [9.17, 15) is 4.39 Å². The molecule has 1 atom stereocenters. The second-order valence-corrected chi connectivity index (χ2v) is 4.99. The second-order valence-electron chi connectivity index (χ2n) is 4.20. The minimum atomic E-state index is -0.259. The molecule has 0 aliphatic rings. The van der Waals surface area contributed by atoms with E-state index in [2.05, 4.69) is 21.0 Å². The Bertz CT molecular complexity index is 539. The van der Waals surface area contributed by atoms with Crippen LogP contribution in [0.2, 0.25) is 0 Å². The Morgan fingerprint density at radius 1 is 1.50 bits per heavy atom. The zero-order valence-electron chi connectivity index (χ0n) is 10.1. The fourth-order valence-electron chi connectivity index (χ4n) is 1.74. The average Bonchev–Trinajstić information content (AvgIpc) is 2.82. The van der Waals surface area contributed by atoms with E-state index in [1.807, 2.05) is 19.2 Å². The fourth-order valence-corrected chi connectivity index (χ4v) is 2.13. The predicted molar refractivity (Wildman–Crippen MR) is 72.6 cm³/mol. The summed E-state index contributed by atoms with van der Waals surface area (Å²) >= 11 is 3.25. The Kier molecular flexibility index (Phi) is 4.14. The van der Waals surface area contributed by atoms with Crippen molar-refractivity contribution in [1.29, 1.82) is 0 Å². The van der Waals surface area contributed by atoms with E-state index < -0.39 is 0 Å². The fraction of sp³-hybridized carbons (Fsp3) is 0.308. The summed E-state index contributed by atoms with van der Waals surface area (Å²) in [5.74, 6) is -0.259. The Morgan fingerprint density at radius 3 is 3.00 bits per heavy atom. The lowest BCUT2D eigenvalue weighted by Crippen LogP contribution is -2.07. The van der Waals surface area contributed by atoms with Gasteiger partial charge in [0.1, 0.15) is 5.82 Å². The maximum Gasteiger partial charge on any atom is 0.137 e. The van der Waals surface area contributed by atoms with Crippen molar-refractivity contribution in [3.63, 3.8) is 0 Å². The van der Waals surface area contributed by atoms with Crippen LogP contribution in [0.4, 0.5) is 4.39 Å². The SMILES string of the molecule is CCC(N)c1cnn(Cc2cccc(F)c2Br)c1. The predicted octanol–water partition coefficient (Wildman–Crippen LogP) is 3.24. The first-order valence-electron chi connectivity index (χ1n) is 5.82. The van der Waals surface area contributed by atoms with Gasteiger partial charge in [-0.3, -0.25) is 4.68 Å². The van der Waals surface area contributed by atoms with Gasteiger partial charge in [0, 0.05) is 17.8 Å². The molecule has 96 valence electrons. The van der Waals surface area contributed by atoms with Crippen LogP contribution in [0, 0.1) is 5.82 Å². The van der Waals surface area contributed by atoms with Gasteiger partial charge in [0.15, 0.2) is 0 Å². The second kappa shape index (κ2) is 5.63. The van der Waals surface area contributed by atoms with Crippen molar-refractivity contribution in [2.75, 3.05) is 0 Å². The summed E-state index contributed by atoms with van der Waals surface area (Å²) in [4.78, 5) is 0. The molecule has 0 radical (unpaired) electrons. The van der Waals surface area contributed by atoms with Crippen LogP contribution in [-0.2, 0) is 6.54 Å². The molecule has 1 aromatic carbocycles. The minimum absolute atomic E-state index is 0.00898. The molecule has 2 aromatic rings. The number of halogens is 2. The molecule has 1 unspecified atom stereocenters. The first-order valence-corrected chi connectivity index (χ1v) is 6.62. The summed E-state index contributed by atoms with van der Waals surface area (Å²) in [6.07, 6.45) is 4.54. The monoisotopic (exact) mass is 311 g/mol. The van der Waals surface area contributed by atoms with E-state index in [-0.39, 0.29) is 11.9 Å². The number of benzene rings is 1. The van der Waals surface area contributed by atoms with Gasteiger partial charge in [-0.2, -0.15) is 5.10 Å². The molecule has 0 aliphatic carbocycles. The van der Waals surface area contributed by atoms with Gasteiger partial charge in [-0.05, 0) is 34.0 Å². The Balaban J connectivity index is 2.19. The van der Waals surface area contributed by atoms with Gasteiger partial charge in [0.05, 0.1) is 17.2 Å². The molecule has 0 saturated carbocycles. The third kappa shape index (κ3) is 2.79. The van der Waals surface area contributed by atoms with Gasteiger partial charge >= 0.3 is 0 Å². The summed E-state index contributed by atoms with van der Waals surface area (Å²) in [6.45, 7) is 2.56. The lowest BCUT2D eigenvalue weighted by molar-refractivity contribution is 0.611. The highest BCUT2D eigenvalue weighted by Gasteiger charge is 2.09. The van der Waals surface area contributed by atoms with Crippen molar-refractivity contribution in [1.82, 2.24) is 9.78 Å². The summed E-state index contributed by atoms with van der Waals surface area (Å²) in [5.41, 5.74) is 7.79. The van der Waals surface area contributed by atoms with Gasteiger partial charge < -0.3 is 5.73 Å². The molecule has 5 heteroatoms. The largest absolute Gasteiger partial charge is 0.324 e. The first kappa shape index (κ1) is 13.2. The van der Waals surface area contributed by atoms with Gasteiger partial charge in [0.25, 0.3) is 0 Å². The van der Waals surface area contributed by atoms with Crippen LogP contribution < -0.4 is 5.73 Å². The highest BCUT2D eigenvalue weighted by atomic mass is 79.9. The van der Waals surface area contributed by atoms with Crippen LogP contribution in [0.5, 0.6) is 0 Å². The molecule has 3 nitrogen and oxygen atoms in total. The summed E-state index contributed by atoms with van der Waals surface area (Å²) in [7, 11) is 0. The molecule has 18 heavy (non-hydrogen) atoms. The minimum Gasteiger partial charge on any atom is -0.324 e. The normalized spacial score (nSPS) is 12.7. The van der Waals surface area contributed by atoms with Gasteiger partial charge in [0.2, 0.25) is 0 Å². The molecule has 0 amide bonds. The Labute approximate surface area is 114 Å². The van der Waals surface area contributed by atoms with Crippen LogP contribution in [0.15, 0.2) is 35.1 Å². The number of nitrogens with two attached hydrogens (primary N) is 1. The topological polar surface area (TPSA) is 43.8 Å². The molecule has 1 aromatic heterocycles. The van der Waals surface area contributed by atoms with Crippen molar-refractivity contribution >= 4 is 15.9 Å². The van der Waals surface area contributed by atoms with Gasteiger partial charge in [-0.15, -0.1) is 0 Å². The molecular weight excluding hydrogens is 297 g/mol. The number of nitrogens with zero attached hydrogens (tertiary/aromatic N) is 2. The first-order chi connectivity index (χ1) is 8.61. The van der Waals surface area contributed by atoms with Crippen LogP contribution in [0.1, 0.15) is 30.5 Å². The quantitative estimate of drug-likeness (QED) is 0.942. The van der Waals surface area contributed by atoms with Gasteiger partial charge in [-0.1, -0.05) is 19.1 Å². The van der Waals surface area contributed by atoms with E-state index in [0.29, 0.717) is 11.0 Å². The van der Waals surface area contributed by atoms with E-state index >= 15 is 0 Å². The van der Waals surface area contributed by atoms with Crippen molar-refractivity contribution in [2.24, 2.45) is 5.73 Å². The van der Waals surface area contributed by atoms with Crippen LogP contribution in [-0.4, -0.2) is 9.78 Å². The molecule has 0 spiro atoms. The lowest BCUT2D eigenvalue weighted by Gasteiger charge is -2.06. The number of hydrogen-bond donors (Lipinski definition) is 1. The molecule has 0 bridgehead atoms. The maximum absolute atomic E-state index is 13.4. The smallest absolute Gasteiger partial charge is 0.137 e. The molecular formula is C13H15BrFN3. The number of aromatic nitrogens is 2. The molecule has 0 saturated heterocycles. The Morgan fingerprint density at radius 2 is 2.28 bits per heavy atom. The van der Waals surface area contributed by atoms with E-state index in [0.717, 1.165) is 17.5 Å².